The highest BCUT2D eigenvalue weighted by Crippen LogP contribution is 2.27. The maximum absolute atomic E-state index is 12.5. The number of pyridine rings is 1. The summed E-state index contributed by atoms with van der Waals surface area (Å²) >= 11 is 1.40. The van der Waals surface area contributed by atoms with Crippen LogP contribution in [-0.2, 0) is 0 Å². The summed E-state index contributed by atoms with van der Waals surface area (Å²) in [5.41, 5.74) is 1.55. The molecule has 5 nitrogen and oxygen atoms in total. The molecule has 2 aromatic heterocycles. The molecule has 3 rings (SSSR count). The molecule has 23 heavy (non-hydrogen) atoms. The van der Waals surface area contributed by atoms with E-state index in [1.54, 1.807) is 38.6 Å². The molecule has 1 aromatic carbocycles. The second-order valence-electron chi connectivity index (χ2n) is 4.81. The summed E-state index contributed by atoms with van der Waals surface area (Å²) in [6.07, 6.45) is 3.73. The quantitative estimate of drug-likeness (QED) is 0.513. The van der Waals surface area contributed by atoms with Gasteiger partial charge in [0.1, 0.15) is 11.5 Å². The smallest absolute Gasteiger partial charge is 0.176 e. The summed E-state index contributed by atoms with van der Waals surface area (Å²) in [6, 6.07) is 11.1. The van der Waals surface area contributed by atoms with Gasteiger partial charge < -0.3 is 9.47 Å². The van der Waals surface area contributed by atoms with Crippen molar-refractivity contribution in [2.45, 2.75) is 5.16 Å². The van der Waals surface area contributed by atoms with Crippen LogP contribution in [0, 0.1) is 0 Å². The summed E-state index contributed by atoms with van der Waals surface area (Å²) in [6.45, 7) is 0. The molecule has 2 heterocycles. The molecule has 0 radical (unpaired) electrons. The van der Waals surface area contributed by atoms with Crippen molar-refractivity contribution >= 4 is 23.1 Å². The third kappa shape index (κ3) is 3.17. The maximum Gasteiger partial charge on any atom is 0.176 e. The van der Waals surface area contributed by atoms with E-state index < -0.39 is 0 Å². The standard InChI is InChI=1S/C17H16N2O3S/c1-21-13-6-7-14(16(9-13)22-2)15(20)11-23-17-18-10-12-5-3-4-8-19(12)17/h3-10H,11H2,1-2H3. The van der Waals surface area contributed by atoms with E-state index in [9.17, 15) is 4.79 Å². The molecule has 0 saturated carbocycles. The Balaban J connectivity index is 1.77. The number of imidazole rings is 1. The predicted molar refractivity (Wildman–Crippen MR) is 89.8 cm³/mol. The molecule has 0 amide bonds. The van der Waals surface area contributed by atoms with Crippen molar-refractivity contribution in [2.24, 2.45) is 0 Å². The van der Waals surface area contributed by atoms with E-state index in [-0.39, 0.29) is 11.5 Å². The summed E-state index contributed by atoms with van der Waals surface area (Å²) in [5.74, 6) is 1.45. The second-order valence-corrected chi connectivity index (χ2v) is 5.76. The lowest BCUT2D eigenvalue weighted by atomic mass is 10.1. The number of hydrogen-bond acceptors (Lipinski definition) is 5. The van der Waals surface area contributed by atoms with Crippen LogP contribution in [0.1, 0.15) is 10.4 Å². The van der Waals surface area contributed by atoms with Gasteiger partial charge in [0, 0.05) is 12.3 Å². The van der Waals surface area contributed by atoms with E-state index in [0.717, 1.165) is 10.7 Å². The Morgan fingerprint density at radius 3 is 2.87 bits per heavy atom. The summed E-state index contributed by atoms with van der Waals surface area (Å²) < 4.78 is 12.4. The van der Waals surface area contributed by atoms with Crippen LogP contribution in [0.25, 0.3) is 5.52 Å². The molecule has 0 aliphatic rings. The first-order valence-corrected chi connectivity index (χ1v) is 8.01. The van der Waals surface area contributed by atoms with Crippen molar-refractivity contribution in [3.05, 3.63) is 54.4 Å². The number of benzene rings is 1. The first-order chi connectivity index (χ1) is 11.2. The molecular formula is C17H16N2O3S. The Hall–Kier alpha value is -2.47. The van der Waals surface area contributed by atoms with Crippen molar-refractivity contribution in [2.75, 3.05) is 20.0 Å². The number of fused-ring (bicyclic) bond motifs is 1. The largest absolute Gasteiger partial charge is 0.497 e. The van der Waals surface area contributed by atoms with Gasteiger partial charge in [-0.2, -0.15) is 0 Å². The zero-order valence-corrected chi connectivity index (χ0v) is 13.7. The van der Waals surface area contributed by atoms with Crippen LogP contribution in [0.15, 0.2) is 53.9 Å². The van der Waals surface area contributed by atoms with Gasteiger partial charge in [-0.25, -0.2) is 4.98 Å². The fourth-order valence-electron chi connectivity index (χ4n) is 2.26. The highest BCUT2D eigenvalue weighted by atomic mass is 32.2. The number of methoxy groups -OCH3 is 2. The fraction of sp³-hybridized carbons (Fsp3) is 0.176. The van der Waals surface area contributed by atoms with Crippen LogP contribution >= 0.6 is 11.8 Å². The number of ether oxygens (including phenoxy) is 2. The van der Waals surface area contributed by atoms with Crippen molar-refractivity contribution < 1.29 is 14.3 Å². The van der Waals surface area contributed by atoms with Crippen molar-refractivity contribution in [3.8, 4) is 11.5 Å². The number of nitrogens with zero attached hydrogens (tertiary/aromatic N) is 2. The molecule has 0 fully saturated rings. The van der Waals surface area contributed by atoms with E-state index >= 15 is 0 Å². The first kappa shape index (κ1) is 15.4. The molecule has 0 saturated heterocycles. The van der Waals surface area contributed by atoms with E-state index in [4.69, 9.17) is 9.47 Å². The van der Waals surface area contributed by atoms with E-state index in [1.807, 2.05) is 28.8 Å². The minimum absolute atomic E-state index is 0.0119. The normalized spacial score (nSPS) is 10.7. The van der Waals surface area contributed by atoms with Gasteiger partial charge in [-0.3, -0.25) is 9.20 Å². The number of ketones is 1. The molecule has 3 aromatic rings. The molecule has 0 spiro atoms. The molecule has 118 valence electrons. The SMILES string of the molecule is COc1ccc(C(=O)CSc2ncc3ccccn23)c(OC)c1. The summed E-state index contributed by atoms with van der Waals surface area (Å²) in [5, 5.41) is 0.793. The van der Waals surface area contributed by atoms with Crippen LogP contribution in [0.2, 0.25) is 0 Å². The Morgan fingerprint density at radius 1 is 1.22 bits per heavy atom. The topological polar surface area (TPSA) is 52.8 Å². The summed E-state index contributed by atoms with van der Waals surface area (Å²) in [4.78, 5) is 16.8. The zero-order valence-electron chi connectivity index (χ0n) is 12.9. The molecule has 0 bridgehead atoms. The van der Waals surface area contributed by atoms with E-state index in [1.165, 1.54) is 11.8 Å². The lowest BCUT2D eigenvalue weighted by Crippen LogP contribution is -2.06. The lowest BCUT2D eigenvalue weighted by Gasteiger charge is -2.09. The Morgan fingerprint density at radius 2 is 2.09 bits per heavy atom. The van der Waals surface area contributed by atoms with Gasteiger partial charge in [0.15, 0.2) is 10.9 Å². The van der Waals surface area contributed by atoms with Crippen LogP contribution in [-0.4, -0.2) is 35.1 Å². The highest BCUT2D eigenvalue weighted by Gasteiger charge is 2.15. The van der Waals surface area contributed by atoms with Gasteiger partial charge in [0.2, 0.25) is 0 Å². The maximum atomic E-state index is 12.5. The van der Waals surface area contributed by atoms with Crippen molar-refractivity contribution in [1.82, 2.24) is 9.38 Å². The number of hydrogen-bond donors (Lipinski definition) is 0. The highest BCUT2D eigenvalue weighted by molar-refractivity contribution is 7.99. The molecular weight excluding hydrogens is 312 g/mol. The monoisotopic (exact) mass is 328 g/mol. The third-order valence-corrected chi connectivity index (χ3v) is 4.41. The number of carbonyl (C=O) groups excluding carboxylic acids is 1. The van der Waals surface area contributed by atoms with E-state index in [2.05, 4.69) is 4.98 Å². The first-order valence-electron chi connectivity index (χ1n) is 7.03. The van der Waals surface area contributed by atoms with Gasteiger partial charge in [-0.15, -0.1) is 0 Å². The average molecular weight is 328 g/mol. The third-order valence-electron chi connectivity index (χ3n) is 3.45. The second kappa shape index (κ2) is 6.75. The van der Waals surface area contributed by atoms with E-state index in [0.29, 0.717) is 17.1 Å². The Kier molecular flexibility index (Phi) is 4.52. The molecule has 6 heteroatoms. The van der Waals surface area contributed by atoms with Crippen LogP contribution < -0.4 is 9.47 Å². The number of carbonyl (C=O) groups is 1. The molecule has 0 unspecified atom stereocenters. The van der Waals surface area contributed by atoms with Crippen LogP contribution in [0.5, 0.6) is 11.5 Å². The summed E-state index contributed by atoms with van der Waals surface area (Å²) in [7, 11) is 3.12. The Bertz CT molecular complexity index is 845. The van der Waals surface area contributed by atoms with Crippen molar-refractivity contribution in [1.29, 1.82) is 0 Å². The molecule has 0 atom stereocenters. The lowest BCUT2D eigenvalue weighted by molar-refractivity contribution is 0.101. The minimum atomic E-state index is -0.0119. The van der Waals surface area contributed by atoms with Gasteiger partial charge in [0.25, 0.3) is 0 Å². The van der Waals surface area contributed by atoms with Crippen LogP contribution in [0.3, 0.4) is 0 Å². The van der Waals surface area contributed by atoms with Gasteiger partial charge >= 0.3 is 0 Å². The minimum Gasteiger partial charge on any atom is -0.497 e. The van der Waals surface area contributed by atoms with Gasteiger partial charge in [-0.1, -0.05) is 17.8 Å². The zero-order chi connectivity index (χ0) is 16.2. The molecule has 0 aliphatic heterocycles. The number of aromatic nitrogens is 2. The predicted octanol–water partition coefficient (Wildman–Crippen LogP) is 3.33. The fourth-order valence-corrected chi connectivity index (χ4v) is 3.11. The van der Waals surface area contributed by atoms with Gasteiger partial charge in [-0.05, 0) is 24.3 Å². The molecule has 0 N–H and O–H groups in total. The van der Waals surface area contributed by atoms with Crippen LogP contribution in [0.4, 0.5) is 0 Å². The number of rotatable bonds is 6. The van der Waals surface area contributed by atoms with Crippen molar-refractivity contribution in [3.63, 3.8) is 0 Å². The average Bonchev–Trinajstić information content (AvgIpc) is 3.02. The molecule has 0 aliphatic carbocycles. The number of thioether (sulfide) groups is 1. The van der Waals surface area contributed by atoms with Gasteiger partial charge in [0.05, 0.1) is 37.2 Å². The number of Topliss-reactive ketones (excluding diaryl/α,β-unsaturated/α-hetero) is 1. The Labute approximate surface area is 138 Å².